The van der Waals surface area contributed by atoms with Crippen molar-refractivity contribution in [1.29, 1.82) is 0 Å². The Kier molecular flexibility index (Phi) is 31.9. The second-order valence-electron chi connectivity index (χ2n) is 0.577. The van der Waals surface area contributed by atoms with E-state index >= 15 is 0 Å². The van der Waals surface area contributed by atoms with Crippen LogP contribution in [0.5, 0.6) is 0 Å². The van der Waals surface area contributed by atoms with Gasteiger partial charge in [0.25, 0.3) is 0 Å². The maximum absolute atomic E-state index is 4.90. The molecule has 0 saturated carbocycles. The molecule has 0 aromatic rings. The molecule has 6 heavy (non-hydrogen) atoms. The van der Waals surface area contributed by atoms with E-state index in [2.05, 4.69) is 0 Å². The zero-order chi connectivity index (χ0) is 5.41. The van der Waals surface area contributed by atoms with Gasteiger partial charge in [-0.2, -0.15) is 0 Å². The third-order valence-corrected chi connectivity index (χ3v) is 0.167. The second-order valence-corrected chi connectivity index (χ2v) is 0.577. The molecule has 0 radical (unpaired) electrons. The Balaban J connectivity index is -0.0000000183. The predicted molar refractivity (Wildman–Crippen MR) is 33.7 cm³/mol. The monoisotopic (exact) mass is 94.1 g/mol. The summed E-state index contributed by atoms with van der Waals surface area (Å²) in [6.07, 6.45) is 0. The molecule has 0 fully saturated rings. The molecule has 0 bridgehead atoms. The number of nitrogens with two attached hydrogens (primary N) is 2. The van der Waals surface area contributed by atoms with Crippen LogP contribution in [0, 0.1) is 0 Å². The maximum atomic E-state index is 4.90. The molecular formula is C4H18N2. The van der Waals surface area contributed by atoms with Gasteiger partial charge in [0.2, 0.25) is 0 Å². The Morgan fingerprint density at radius 3 is 1.33 bits per heavy atom. The van der Waals surface area contributed by atoms with E-state index in [4.69, 9.17) is 11.5 Å². The Bertz CT molecular complexity index is 14.0. The molecule has 0 spiro atoms. The van der Waals surface area contributed by atoms with Gasteiger partial charge >= 0.3 is 0 Å². The van der Waals surface area contributed by atoms with Crippen molar-refractivity contribution >= 4 is 0 Å². The largest absolute Gasteiger partial charge is 0.329 e. The van der Waals surface area contributed by atoms with Crippen LogP contribution in [0.15, 0.2) is 0 Å². The van der Waals surface area contributed by atoms with Crippen LogP contribution in [0.3, 0.4) is 0 Å². The predicted octanol–water partition coefficient (Wildman–Crippen LogP) is 0.422. The highest BCUT2D eigenvalue weighted by molar-refractivity contribution is 4.26. The van der Waals surface area contributed by atoms with Crippen molar-refractivity contribution in [3.63, 3.8) is 0 Å². The van der Waals surface area contributed by atoms with E-state index in [0.29, 0.717) is 13.1 Å². The molecule has 0 aliphatic rings. The van der Waals surface area contributed by atoms with Crippen molar-refractivity contribution in [1.82, 2.24) is 0 Å². The van der Waals surface area contributed by atoms with Crippen molar-refractivity contribution in [2.24, 2.45) is 11.5 Å². The highest BCUT2D eigenvalue weighted by Crippen LogP contribution is 1.24. The molecule has 0 amide bonds. The van der Waals surface area contributed by atoms with Crippen LogP contribution in [0.2, 0.25) is 0 Å². The molecule has 2 heteroatoms. The third-order valence-electron chi connectivity index (χ3n) is 0.167. The lowest BCUT2D eigenvalue weighted by Crippen LogP contribution is -2.11. The average Bonchev–Trinajstić information content (AvgIpc) is 1.72. The van der Waals surface area contributed by atoms with E-state index in [0.717, 1.165) is 0 Å². The maximum Gasteiger partial charge on any atom is 0.00461 e. The molecule has 0 aliphatic heterocycles. The Morgan fingerprint density at radius 2 is 1.33 bits per heavy atom. The fraction of sp³-hybridized carbons (Fsp3) is 1.00. The summed E-state index contributed by atoms with van der Waals surface area (Å²) in [6, 6.07) is 0. The summed E-state index contributed by atoms with van der Waals surface area (Å²) >= 11 is 0. The van der Waals surface area contributed by atoms with Gasteiger partial charge in [-0.25, -0.2) is 0 Å². The smallest absolute Gasteiger partial charge is 0.00461 e. The molecule has 0 aliphatic carbocycles. The van der Waals surface area contributed by atoms with Crippen molar-refractivity contribution in [2.45, 2.75) is 13.8 Å². The standard InChI is InChI=1S/C2H8N2.C2H6.2H2/c3-1-2-4;1-2;;/h1-4H2;1-2H3;2*1H. The van der Waals surface area contributed by atoms with Crippen LogP contribution >= 0.6 is 0 Å². The van der Waals surface area contributed by atoms with E-state index in [1.54, 1.807) is 0 Å². The Morgan fingerprint density at radius 1 is 1.17 bits per heavy atom. The van der Waals surface area contributed by atoms with Crippen LogP contribution in [0.4, 0.5) is 0 Å². The van der Waals surface area contributed by atoms with Gasteiger partial charge in [0.05, 0.1) is 0 Å². The zero-order valence-electron chi connectivity index (χ0n) is 4.57. The second kappa shape index (κ2) is 20.5. The van der Waals surface area contributed by atoms with Gasteiger partial charge in [-0.1, -0.05) is 13.8 Å². The molecule has 44 valence electrons. The number of hydrogen-bond acceptors (Lipinski definition) is 2. The summed E-state index contributed by atoms with van der Waals surface area (Å²) in [7, 11) is 0. The lowest BCUT2D eigenvalue weighted by Gasteiger charge is -1.72. The summed E-state index contributed by atoms with van der Waals surface area (Å²) in [4.78, 5) is 0. The van der Waals surface area contributed by atoms with E-state index in [9.17, 15) is 0 Å². The summed E-state index contributed by atoms with van der Waals surface area (Å²) in [5.41, 5.74) is 9.81. The van der Waals surface area contributed by atoms with Gasteiger partial charge in [-0.3, -0.25) is 0 Å². The van der Waals surface area contributed by atoms with Crippen molar-refractivity contribution in [3.05, 3.63) is 0 Å². The van der Waals surface area contributed by atoms with Gasteiger partial charge in [-0.15, -0.1) is 0 Å². The molecule has 0 aromatic carbocycles. The topological polar surface area (TPSA) is 52.0 Å². The molecule has 4 N–H and O–H groups in total. The summed E-state index contributed by atoms with van der Waals surface area (Å²) in [5, 5.41) is 0. The highest BCUT2D eigenvalue weighted by Gasteiger charge is 1.54. The van der Waals surface area contributed by atoms with Crippen molar-refractivity contribution in [3.8, 4) is 0 Å². The minimum atomic E-state index is 0. The van der Waals surface area contributed by atoms with Crippen LogP contribution in [-0.4, -0.2) is 13.1 Å². The normalized spacial score (nSPS) is 6.00. The Hall–Kier alpha value is -0.0800. The van der Waals surface area contributed by atoms with Crippen molar-refractivity contribution < 1.29 is 2.85 Å². The molecule has 0 rings (SSSR count). The molecule has 0 unspecified atom stereocenters. The quantitative estimate of drug-likeness (QED) is 0.495. The van der Waals surface area contributed by atoms with Crippen LogP contribution in [0.1, 0.15) is 16.7 Å². The number of hydrogen-bond donors (Lipinski definition) is 2. The molecular weight excluding hydrogens is 76.1 g/mol. The molecule has 0 aromatic heterocycles. The lowest BCUT2D eigenvalue weighted by atomic mass is 10.7. The minimum Gasteiger partial charge on any atom is -0.329 e. The van der Waals surface area contributed by atoms with Gasteiger partial charge < -0.3 is 11.5 Å². The first-order valence-corrected chi connectivity index (χ1v) is 2.32. The van der Waals surface area contributed by atoms with Crippen LogP contribution in [0.25, 0.3) is 0 Å². The molecule has 0 heterocycles. The molecule has 2 nitrogen and oxygen atoms in total. The summed E-state index contributed by atoms with van der Waals surface area (Å²) in [5.74, 6) is 0. The lowest BCUT2D eigenvalue weighted by molar-refractivity contribution is 0.976. The SMILES string of the molecule is CC.NCCN.[HH].[HH]. The molecule has 0 atom stereocenters. The van der Waals surface area contributed by atoms with Gasteiger partial charge in [-0.05, 0) is 0 Å². The van der Waals surface area contributed by atoms with Crippen LogP contribution < -0.4 is 11.5 Å². The van der Waals surface area contributed by atoms with Gasteiger partial charge in [0.15, 0.2) is 0 Å². The number of rotatable bonds is 1. The van der Waals surface area contributed by atoms with Crippen LogP contribution in [-0.2, 0) is 0 Å². The highest BCUT2D eigenvalue weighted by atomic mass is 14.6. The van der Waals surface area contributed by atoms with E-state index < -0.39 is 0 Å². The van der Waals surface area contributed by atoms with Crippen molar-refractivity contribution in [2.75, 3.05) is 13.1 Å². The minimum absolute atomic E-state index is 0. The Labute approximate surface area is 42.5 Å². The van der Waals surface area contributed by atoms with E-state index in [1.807, 2.05) is 13.8 Å². The fourth-order valence-electron chi connectivity index (χ4n) is 0. The molecule has 0 saturated heterocycles. The fourth-order valence-corrected chi connectivity index (χ4v) is 0. The first-order valence-electron chi connectivity index (χ1n) is 2.32. The van der Waals surface area contributed by atoms with Gasteiger partial charge in [0, 0.05) is 15.9 Å². The summed E-state index contributed by atoms with van der Waals surface area (Å²) < 4.78 is 0. The van der Waals surface area contributed by atoms with Gasteiger partial charge in [0.1, 0.15) is 0 Å². The first kappa shape index (κ1) is 9.33. The third kappa shape index (κ3) is 39.5. The van der Waals surface area contributed by atoms with E-state index in [-0.39, 0.29) is 2.85 Å². The average molecular weight is 94.2 g/mol. The zero-order valence-corrected chi connectivity index (χ0v) is 4.57. The first-order chi connectivity index (χ1) is 2.91. The summed E-state index contributed by atoms with van der Waals surface area (Å²) in [6.45, 7) is 5.19. The van der Waals surface area contributed by atoms with E-state index in [1.165, 1.54) is 0 Å².